The van der Waals surface area contributed by atoms with Crippen molar-refractivity contribution in [1.82, 2.24) is 20.8 Å². The van der Waals surface area contributed by atoms with E-state index in [2.05, 4.69) is 26.1 Å². The summed E-state index contributed by atoms with van der Waals surface area (Å²) < 4.78 is 10.8. The molecule has 1 atom stereocenters. The molecule has 0 saturated heterocycles. The van der Waals surface area contributed by atoms with Crippen LogP contribution >= 0.6 is 23.1 Å². The number of thioether (sulfide) groups is 1. The van der Waals surface area contributed by atoms with E-state index in [9.17, 15) is 9.59 Å². The van der Waals surface area contributed by atoms with Gasteiger partial charge in [0.25, 0.3) is 0 Å². The first-order valence-corrected chi connectivity index (χ1v) is 15.6. The van der Waals surface area contributed by atoms with E-state index >= 15 is 0 Å². The molecule has 232 valence electrons. The summed E-state index contributed by atoms with van der Waals surface area (Å²) in [6.45, 7) is 0.224. The summed E-state index contributed by atoms with van der Waals surface area (Å²) in [5.41, 5.74) is 1.14. The molecule has 1 unspecified atom stereocenters. The maximum atomic E-state index is 12.5. The Kier molecular flexibility index (Phi) is 14.9. The number of benzene rings is 2. The van der Waals surface area contributed by atoms with Gasteiger partial charge in [0.15, 0.2) is 0 Å². The fourth-order valence-corrected chi connectivity index (χ4v) is 5.53. The number of ether oxygens (including phenoxy) is 2. The fraction of sp³-hybridized carbons (Fsp3) is 0.414. The van der Waals surface area contributed by atoms with Crippen LogP contribution in [-0.2, 0) is 28.9 Å². The Labute approximate surface area is 259 Å². The molecule has 1 aromatic heterocycles. The maximum absolute atomic E-state index is 12.5. The van der Waals surface area contributed by atoms with E-state index in [0.717, 1.165) is 29.0 Å². The monoisotopic (exact) mass is 630 g/mol. The van der Waals surface area contributed by atoms with E-state index in [4.69, 9.17) is 25.1 Å². The number of carbonyl (C=O) groups is 2. The van der Waals surface area contributed by atoms with E-state index in [1.807, 2.05) is 12.1 Å². The van der Waals surface area contributed by atoms with Gasteiger partial charge in [0.05, 0.1) is 31.1 Å². The number of carbonyl (C=O) groups excluding carboxylic acids is 2. The lowest BCUT2D eigenvalue weighted by Crippen LogP contribution is -2.42. The first-order valence-electron chi connectivity index (χ1n) is 13.9. The highest BCUT2D eigenvalue weighted by Crippen LogP contribution is 2.20. The van der Waals surface area contributed by atoms with Crippen molar-refractivity contribution >= 4 is 45.1 Å². The summed E-state index contributed by atoms with van der Waals surface area (Å²) in [5.74, 6) is 0.802. The Hall–Kier alpha value is -3.56. The van der Waals surface area contributed by atoms with Crippen LogP contribution in [-0.4, -0.2) is 76.2 Å². The van der Waals surface area contributed by atoms with Crippen LogP contribution in [0.3, 0.4) is 0 Å². The topological polar surface area (TPSA) is 179 Å². The van der Waals surface area contributed by atoms with E-state index in [1.165, 1.54) is 23.1 Å². The lowest BCUT2D eigenvalue weighted by atomic mass is 10.1. The summed E-state index contributed by atoms with van der Waals surface area (Å²) in [6, 6.07) is 14.3. The average molecular weight is 631 g/mol. The van der Waals surface area contributed by atoms with Crippen molar-refractivity contribution in [3.05, 3.63) is 64.7 Å². The number of anilines is 1. The SMILES string of the molecule is CNC(NC(=O)Cc1cccc(OCCO)c1)SC(=N)CCCCc1nnc(NC(=O)Cc2cccc(OCCO)c2)s1. The van der Waals surface area contributed by atoms with Gasteiger partial charge in [-0.1, -0.05) is 47.4 Å². The van der Waals surface area contributed by atoms with Crippen molar-refractivity contribution in [3.8, 4) is 11.5 Å². The Morgan fingerprint density at radius 2 is 1.58 bits per heavy atom. The van der Waals surface area contributed by atoms with Crippen molar-refractivity contribution < 1.29 is 29.3 Å². The summed E-state index contributed by atoms with van der Waals surface area (Å²) in [5, 5.41) is 44.8. The van der Waals surface area contributed by atoms with Gasteiger partial charge < -0.3 is 30.3 Å². The molecule has 12 nitrogen and oxygen atoms in total. The van der Waals surface area contributed by atoms with Gasteiger partial charge in [-0.3, -0.25) is 20.3 Å². The molecule has 1 heterocycles. The number of aromatic nitrogens is 2. The Morgan fingerprint density at radius 1 is 0.953 bits per heavy atom. The lowest BCUT2D eigenvalue weighted by molar-refractivity contribution is -0.120. The molecule has 3 aromatic rings. The molecule has 3 rings (SSSR count). The number of nitrogens with one attached hydrogen (secondary N) is 4. The number of hydrogen-bond acceptors (Lipinski definition) is 12. The number of aliphatic hydroxyl groups excluding tert-OH is 2. The highest BCUT2D eigenvalue weighted by atomic mass is 32.2. The van der Waals surface area contributed by atoms with Crippen LogP contribution in [0.2, 0.25) is 0 Å². The largest absolute Gasteiger partial charge is 0.491 e. The van der Waals surface area contributed by atoms with Crippen LogP contribution < -0.4 is 25.4 Å². The van der Waals surface area contributed by atoms with Crippen molar-refractivity contribution in [3.63, 3.8) is 0 Å². The Balaban J connectivity index is 1.34. The summed E-state index contributed by atoms with van der Waals surface area (Å²) in [4.78, 5) is 25.0. The van der Waals surface area contributed by atoms with Crippen LogP contribution in [0.15, 0.2) is 48.5 Å². The van der Waals surface area contributed by atoms with Crippen molar-refractivity contribution in [1.29, 1.82) is 5.41 Å². The molecule has 0 aliphatic heterocycles. The van der Waals surface area contributed by atoms with Crippen LogP contribution in [0, 0.1) is 5.41 Å². The Morgan fingerprint density at radius 3 is 2.19 bits per heavy atom. The fourth-order valence-electron chi connectivity index (χ4n) is 3.88. The minimum absolute atomic E-state index is 0.0796. The smallest absolute Gasteiger partial charge is 0.230 e. The van der Waals surface area contributed by atoms with Crippen LogP contribution in [0.1, 0.15) is 35.4 Å². The maximum Gasteiger partial charge on any atom is 0.230 e. The molecule has 0 radical (unpaired) electrons. The second-order valence-electron chi connectivity index (χ2n) is 9.33. The number of amides is 2. The van der Waals surface area contributed by atoms with E-state index in [-0.39, 0.29) is 51.1 Å². The molecule has 0 aliphatic rings. The lowest BCUT2D eigenvalue weighted by Gasteiger charge is -2.18. The third-order valence-corrected chi connectivity index (χ3v) is 7.79. The third kappa shape index (κ3) is 13.1. The summed E-state index contributed by atoms with van der Waals surface area (Å²) >= 11 is 2.59. The van der Waals surface area contributed by atoms with Crippen molar-refractivity contribution in [2.45, 2.75) is 44.0 Å². The minimum Gasteiger partial charge on any atom is -0.491 e. The molecule has 0 saturated carbocycles. The van der Waals surface area contributed by atoms with Gasteiger partial charge in [0, 0.05) is 6.42 Å². The van der Waals surface area contributed by atoms with Gasteiger partial charge in [0.1, 0.15) is 35.2 Å². The first-order chi connectivity index (χ1) is 20.9. The molecule has 14 heteroatoms. The number of aryl methyl sites for hydroxylation is 1. The molecular formula is C29H38N6O6S2. The van der Waals surface area contributed by atoms with Crippen molar-refractivity contribution in [2.75, 3.05) is 38.8 Å². The first kappa shape index (κ1) is 33.9. The average Bonchev–Trinajstić information content (AvgIpc) is 3.43. The molecule has 2 aromatic carbocycles. The number of aliphatic hydroxyl groups is 2. The zero-order chi connectivity index (χ0) is 30.9. The van der Waals surface area contributed by atoms with Gasteiger partial charge >= 0.3 is 0 Å². The van der Waals surface area contributed by atoms with Crippen molar-refractivity contribution in [2.24, 2.45) is 0 Å². The number of unbranched alkanes of at least 4 members (excludes halogenated alkanes) is 1. The van der Waals surface area contributed by atoms with Gasteiger partial charge in [-0.25, -0.2) is 0 Å². The summed E-state index contributed by atoms with van der Waals surface area (Å²) in [7, 11) is 1.73. The van der Waals surface area contributed by atoms with E-state index < -0.39 is 5.50 Å². The molecule has 2 amide bonds. The quantitative estimate of drug-likeness (QED) is 0.0499. The molecule has 0 spiro atoms. The molecule has 0 aliphatic carbocycles. The zero-order valence-corrected chi connectivity index (χ0v) is 25.6. The number of nitrogens with zero attached hydrogens (tertiary/aromatic N) is 2. The van der Waals surface area contributed by atoms with Crippen LogP contribution in [0.4, 0.5) is 5.13 Å². The second kappa shape index (κ2) is 18.9. The molecule has 6 N–H and O–H groups in total. The summed E-state index contributed by atoms with van der Waals surface area (Å²) in [6.07, 6.45) is 3.15. The Bertz CT molecular complexity index is 1320. The molecule has 0 bridgehead atoms. The normalized spacial score (nSPS) is 11.5. The number of hydrogen-bond donors (Lipinski definition) is 6. The van der Waals surface area contributed by atoms with Gasteiger partial charge in [-0.05, 0) is 61.7 Å². The van der Waals surface area contributed by atoms with E-state index in [0.29, 0.717) is 34.5 Å². The van der Waals surface area contributed by atoms with E-state index in [1.54, 1.807) is 43.4 Å². The highest BCUT2D eigenvalue weighted by molar-refractivity contribution is 8.14. The van der Waals surface area contributed by atoms with Crippen LogP contribution in [0.25, 0.3) is 0 Å². The number of rotatable bonds is 19. The zero-order valence-electron chi connectivity index (χ0n) is 24.0. The second-order valence-corrected chi connectivity index (χ2v) is 11.6. The van der Waals surface area contributed by atoms with Gasteiger partial charge in [0.2, 0.25) is 16.9 Å². The third-order valence-electron chi connectivity index (χ3n) is 5.82. The highest BCUT2D eigenvalue weighted by Gasteiger charge is 2.15. The minimum atomic E-state index is -0.432. The molecule has 43 heavy (non-hydrogen) atoms. The predicted molar refractivity (Wildman–Crippen MR) is 168 cm³/mol. The molecular weight excluding hydrogens is 592 g/mol. The standard InChI is InChI=1S/C29H38N6O6S2/c1-31-28(32-25(38)18-20-6-4-8-22(16-20)40-14-12-36)42-24(30)10-2-3-11-27-34-35-29(43-27)33-26(39)19-21-7-5-9-23(17-21)41-15-13-37/h4-9,16-17,28,30-31,36-37H,2-3,10-15,18-19H2,1H3,(H,32,38)(H,33,35,39). The van der Waals surface area contributed by atoms with Crippen LogP contribution in [0.5, 0.6) is 11.5 Å². The predicted octanol–water partition coefficient (Wildman–Crippen LogP) is 2.75. The van der Waals surface area contributed by atoms with Gasteiger partial charge in [-0.2, -0.15) is 0 Å². The van der Waals surface area contributed by atoms with Gasteiger partial charge in [-0.15, -0.1) is 10.2 Å². The molecule has 0 fully saturated rings.